The first-order valence-corrected chi connectivity index (χ1v) is 13.3. The molecule has 1 aromatic rings. The predicted octanol–water partition coefficient (Wildman–Crippen LogP) is 2.91. The number of alkyl halides is 3. The van der Waals surface area contributed by atoms with Crippen LogP contribution in [0.3, 0.4) is 0 Å². The molecule has 0 unspecified atom stereocenters. The van der Waals surface area contributed by atoms with Crippen LogP contribution in [-0.2, 0) is 32.3 Å². The van der Waals surface area contributed by atoms with Crippen LogP contribution in [0.1, 0.15) is 56.1 Å². The average molecular weight is 502 g/mol. The van der Waals surface area contributed by atoms with E-state index in [9.17, 15) is 31.2 Å². The number of nitrogens with zero attached hydrogens (tertiary/aromatic N) is 2. The molecule has 188 valence electrons. The maximum absolute atomic E-state index is 13.3. The Morgan fingerprint density at radius 1 is 0.971 bits per heavy atom. The molecule has 2 atom stereocenters. The van der Waals surface area contributed by atoms with Crippen LogP contribution in [0.5, 0.6) is 0 Å². The summed E-state index contributed by atoms with van der Waals surface area (Å²) in [6.07, 6.45) is 0.209. The van der Waals surface area contributed by atoms with Gasteiger partial charge >= 0.3 is 6.18 Å². The van der Waals surface area contributed by atoms with Gasteiger partial charge in [0.15, 0.2) is 0 Å². The zero-order chi connectivity index (χ0) is 24.5. The van der Waals surface area contributed by atoms with E-state index in [2.05, 4.69) is 5.32 Å². The van der Waals surface area contributed by atoms with E-state index in [0.717, 1.165) is 18.6 Å². The third-order valence-electron chi connectivity index (χ3n) is 7.15. The molecule has 0 aromatic heterocycles. The Morgan fingerprint density at radius 2 is 1.65 bits per heavy atom. The van der Waals surface area contributed by atoms with E-state index in [1.807, 2.05) is 0 Å². The molecular formula is C23H30F3N3O4S. The number of halogens is 3. The lowest BCUT2D eigenvalue weighted by atomic mass is 9.97. The Hall–Kier alpha value is -2.14. The van der Waals surface area contributed by atoms with Gasteiger partial charge in [0.1, 0.15) is 6.04 Å². The van der Waals surface area contributed by atoms with Gasteiger partial charge in [0.05, 0.1) is 16.7 Å². The Bertz CT molecular complexity index is 1010. The quantitative estimate of drug-likeness (QED) is 0.650. The zero-order valence-corrected chi connectivity index (χ0v) is 19.7. The number of nitrogens with one attached hydrogen (secondary N) is 1. The molecule has 0 radical (unpaired) electrons. The van der Waals surface area contributed by atoms with Gasteiger partial charge in [0.2, 0.25) is 21.8 Å². The summed E-state index contributed by atoms with van der Waals surface area (Å²) in [7, 11) is -3.38. The molecule has 34 heavy (non-hydrogen) atoms. The molecule has 1 saturated carbocycles. The minimum Gasteiger partial charge on any atom is -0.350 e. The van der Waals surface area contributed by atoms with Crippen LogP contribution >= 0.6 is 0 Å². The molecule has 2 aliphatic heterocycles. The predicted molar refractivity (Wildman–Crippen MR) is 119 cm³/mol. The minimum absolute atomic E-state index is 0.0618. The van der Waals surface area contributed by atoms with Crippen molar-refractivity contribution in [2.75, 3.05) is 19.6 Å². The molecule has 1 aromatic carbocycles. The summed E-state index contributed by atoms with van der Waals surface area (Å²) in [4.78, 5) is 27.6. The average Bonchev–Trinajstić information content (AvgIpc) is 3.25. The van der Waals surface area contributed by atoms with Gasteiger partial charge in [-0.2, -0.15) is 13.2 Å². The number of piperidine rings is 1. The number of carbonyl (C=O) groups is 2. The van der Waals surface area contributed by atoms with Crippen molar-refractivity contribution in [2.45, 2.75) is 69.0 Å². The summed E-state index contributed by atoms with van der Waals surface area (Å²) in [6, 6.07) is 3.93. The molecule has 3 aliphatic rings. The highest BCUT2D eigenvalue weighted by molar-refractivity contribution is 7.89. The van der Waals surface area contributed by atoms with Crippen molar-refractivity contribution >= 4 is 21.8 Å². The fraction of sp³-hybridized carbons (Fsp3) is 0.652. The molecule has 2 saturated heterocycles. The monoisotopic (exact) mass is 501 g/mol. The van der Waals surface area contributed by atoms with E-state index in [-0.39, 0.29) is 30.2 Å². The largest absolute Gasteiger partial charge is 0.416 e. The summed E-state index contributed by atoms with van der Waals surface area (Å²) in [6.45, 7) is 1.09. The van der Waals surface area contributed by atoms with E-state index in [4.69, 9.17) is 0 Å². The number of likely N-dealkylation sites (tertiary alicyclic amines) is 1. The van der Waals surface area contributed by atoms with Gasteiger partial charge in [-0.3, -0.25) is 9.59 Å². The van der Waals surface area contributed by atoms with E-state index < -0.39 is 33.7 Å². The van der Waals surface area contributed by atoms with Crippen molar-refractivity contribution in [3.63, 3.8) is 0 Å². The zero-order valence-electron chi connectivity index (χ0n) is 18.9. The van der Waals surface area contributed by atoms with Gasteiger partial charge in [-0.15, -0.1) is 0 Å². The van der Waals surface area contributed by atoms with Crippen LogP contribution in [0.15, 0.2) is 24.3 Å². The number of sulfonamides is 1. The maximum Gasteiger partial charge on any atom is 0.416 e. The van der Waals surface area contributed by atoms with Gasteiger partial charge in [-0.25, -0.2) is 12.7 Å². The maximum atomic E-state index is 13.3. The molecule has 7 nitrogen and oxygen atoms in total. The van der Waals surface area contributed by atoms with Crippen LogP contribution in [0.4, 0.5) is 13.2 Å². The number of carbonyl (C=O) groups excluding carboxylic acids is 2. The molecule has 2 amide bonds. The second kappa shape index (κ2) is 9.85. The lowest BCUT2D eigenvalue weighted by Crippen LogP contribution is -2.52. The Balaban J connectivity index is 1.34. The van der Waals surface area contributed by atoms with E-state index in [1.54, 1.807) is 4.90 Å². The molecule has 1 N–H and O–H groups in total. The second-order valence-corrected chi connectivity index (χ2v) is 11.6. The summed E-state index contributed by atoms with van der Waals surface area (Å²) < 4.78 is 65.2. The normalized spacial score (nSPS) is 24.6. The van der Waals surface area contributed by atoms with Crippen LogP contribution in [0.25, 0.3) is 0 Å². The van der Waals surface area contributed by atoms with Gasteiger partial charge in [-0.05, 0) is 56.2 Å². The number of benzene rings is 1. The van der Waals surface area contributed by atoms with E-state index in [1.165, 1.54) is 16.4 Å². The number of amides is 2. The van der Waals surface area contributed by atoms with Crippen molar-refractivity contribution < 1.29 is 31.2 Å². The Kier molecular flexibility index (Phi) is 7.23. The van der Waals surface area contributed by atoms with Gasteiger partial charge < -0.3 is 10.2 Å². The first-order valence-electron chi connectivity index (χ1n) is 11.8. The molecule has 0 spiro atoms. The van der Waals surface area contributed by atoms with Crippen LogP contribution in [-0.4, -0.2) is 60.4 Å². The standard InChI is InChI=1S/C23H30F3N3O4S/c24-23(25,26)18-10-8-16(9-11-18)14-27-21(30)20-7-3-13-29(20)22(31)17-4-2-12-28(15-17)34(32,33)19-5-1-6-19/h8-11,17,19-20H,1-7,12-15H2,(H,27,30)/t17-,20-/m1/s1. The highest BCUT2D eigenvalue weighted by Gasteiger charge is 2.42. The molecular weight excluding hydrogens is 471 g/mol. The topological polar surface area (TPSA) is 86.8 Å². The van der Waals surface area contributed by atoms with Crippen LogP contribution in [0, 0.1) is 5.92 Å². The first-order chi connectivity index (χ1) is 16.1. The molecule has 1 aliphatic carbocycles. The smallest absolute Gasteiger partial charge is 0.350 e. The minimum atomic E-state index is -4.42. The molecule has 11 heteroatoms. The highest BCUT2D eigenvalue weighted by Crippen LogP contribution is 2.32. The van der Waals surface area contributed by atoms with Crippen LogP contribution < -0.4 is 5.32 Å². The molecule has 4 rings (SSSR count). The first kappa shape index (κ1) is 25.0. The fourth-order valence-electron chi connectivity index (χ4n) is 4.91. The van der Waals surface area contributed by atoms with Gasteiger partial charge in [0, 0.05) is 26.2 Å². The lowest BCUT2D eigenvalue weighted by Gasteiger charge is -2.38. The summed E-state index contributed by atoms with van der Waals surface area (Å²) in [5.74, 6) is -1.01. The number of hydrogen-bond acceptors (Lipinski definition) is 4. The van der Waals surface area contributed by atoms with Gasteiger partial charge in [0.25, 0.3) is 0 Å². The summed E-state index contributed by atoms with van der Waals surface area (Å²) in [5, 5.41) is 2.39. The second-order valence-electron chi connectivity index (χ2n) is 9.40. The van der Waals surface area contributed by atoms with Gasteiger partial charge in [-0.1, -0.05) is 18.6 Å². The fourth-order valence-corrected chi connectivity index (χ4v) is 7.03. The molecule has 2 heterocycles. The van der Waals surface area contributed by atoms with E-state index >= 15 is 0 Å². The van der Waals surface area contributed by atoms with E-state index in [0.29, 0.717) is 57.2 Å². The Morgan fingerprint density at radius 3 is 2.26 bits per heavy atom. The van der Waals surface area contributed by atoms with Crippen molar-refractivity contribution in [3.8, 4) is 0 Å². The van der Waals surface area contributed by atoms with Crippen LogP contribution in [0.2, 0.25) is 0 Å². The highest BCUT2D eigenvalue weighted by atomic mass is 32.2. The number of hydrogen-bond donors (Lipinski definition) is 1. The number of rotatable bonds is 6. The van der Waals surface area contributed by atoms with Crippen molar-refractivity contribution in [1.29, 1.82) is 0 Å². The van der Waals surface area contributed by atoms with Crippen molar-refractivity contribution in [3.05, 3.63) is 35.4 Å². The van der Waals surface area contributed by atoms with Crippen molar-refractivity contribution in [2.24, 2.45) is 5.92 Å². The van der Waals surface area contributed by atoms with Crippen molar-refractivity contribution in [1.82, 2.24) is 14.5 Å². The summed E-state index contributed by atoms with van der Waals surface area (Å²) in [5.41, 5.74) is -0.225. The Labute approximate surface area is 197 Å². The third-order valence-corrected chi connectivity index (χ3v) is 9.52. The lowest BCUT2D eigenvalue weighted by molar-refractivity contribution is -0.142. The molecule has 0 bridgehead atoms. The SMILES string of the molecule is O=C(NCc1ccc(C(F)(F)F)cc1)[C@H]1CCCN1C(=O)[C@@H]1CCCN(S(=O)(=O)C2CCC2)C1. The molecule has 3 fully saturated rings. The summed E-state index contributed by atoms with van der Waals surface area (Å²) >= 11 is 0. The third kappa shape index (κ3) is 5.25.